The van der Waals surface area contributed by atoms with E-state index in [1.807, 2.05) is 23.5 Å². The first kappa shape index (κ1) is 10.7. The molecule has 0 aromatic carbocycles. The van der Waals surface area contributed by atoms with Crippen LogP contribution in [0.1, 0.15) is 12.8 Å². The fourth-order valence-electron chi connectivity index (χ4n) is 1.11. The van der Waals surface area contributed by atoms with Gasteiger partial charge in [0.05, 0.1) is 0 Å². The number of hydrogen-bond donors (Lipinski definition) is 2. The van der Waals surface area contributed by atoms with Gasteiger partial charge in [0.2, 0.25) is 0 Å². The van der Waals surface area contributed by atoms with Crippen molar-refractivity contribution in [2.24, 2.45) is 11.5 Å². The molecule has 2 heterocycles. The summed E-state index contributed by atoms with van der Waals surface area (Å²) in [6, 6.07) is 1.02. The fourth-order valence-corrected chi connectivity index (χ4v) is 3.32. The Balaban J connectivity index is 0.000000120. The van der Waals surface area contributed by atoms with Crippen LogP contribution in [-0.4, -0.2) is 35.1 Å². The van der Waals surface area contributed by atoms with Crippen LogP contribution in [0, 0.1) is 0 Å². The van der Waals surface area contributed by atoms with Crippen LogP contribution in [0.5, 0.6) is 0 Å². The summed E-state index contributed by atoms with van der Waals surface area (Å²) < 4.78 is 0. The van der Waals surface area contributed by atoms with Crippen molar-refractivity contribution in [1.29, 1.82) is 0 Å². The molecule has 4 N–H and O–H groups in total. The molecule has 0 aromatic heterocycles. The van der Waals surface area contributed by atoms with Gasteiger partial charge in [-0.3, -0.25) is 0 Å². The Morgan fingerprint density at radius 1 is 0.833 bits per heavy atom. The van der Waals surface area contributed by atoms with Crippen molar-refractivity contribution in [3.63, 3.8) is 0 Å². The predicted octanol–water partition coefficient (Wildman–Crippen LogP) is 0.901. The maximum atomic E-state index is 5.51. The molecule has 2 aliphatic rings. The van der Waals surface area contributed by atoms with Gasteiger partial charge in [0.25, 0.3) is 0 Å². The van der Waals surface area contributed by atoms with E-state index in [2.05, 4.69) is 0 Å². The summed E-state index contributed by atoms with van der Waals surface area (Å²) in [5, 5.41) is 0. The molecular formula is C8H18N2S2. The van der Waals surface area contributed by atoms with Crippen LogP contribution in [0.4, 0.5) is 0 Å². The average Bonchev–Trinajstić information content (AvgIpc) is 2.63. The normalized spacial score (nSPS) is 34.5. The van der Waals surface area contributed by atoms with Gasteiger partial charge in [0.1, 0.15) is 0 Å². The zero-order valence-electron chi connectivity index (χ0n) is 7.37. The van der Waals surface area contributed by atoms with Crippen molar-refractivity contribution in [3.05, 3.63) is 0 Å². The number of rotatable bonds is 0. The summed E-state index contributed by atoms with van der Waals surface area (Å²) in [6.07, 6.45) is 2.45. The molecule has 2 saturated heterocycles. The highest BCUT2D eigenvalue weighted by Gasteiger charge is 2.08. The molecule has 12 heavy (non-hydrogen) atoms. The largest absolute Gasteiger partial charge is 0.327 e. The minimum absolute atomic E-state index is 0.509. The summed E-state index contributed by atoms with van der Waals surface area (Å²) >= 11 is 3.91. The Bertz CT molecular complexity index is 95.6. The molecule has 0 bridgehead atoms. The van der Waals surface area contributed by atoms with Gasteiger partial charge in [-0.15, -0.1) is 0 Å². The maximum Gasteiger partial charge on any atom is 0.0138 e. The Morgan fingerprint density at radius 3 is 1.33 bits per heavy atom. The van der Waals surface area contributed by atoms with E-state index in [9.17, 15) is 0 Å². The highest BCUT2D eigenvalue weighted by atomic mass is 32.2. The van der Waals surface area contributed by atoms with Crippen molar-refractivity contribution >= 4 is 23.5 Å². The standard InChI is InChI=1S/2C4H9NS/c2*5-4-1-2-6-3-4/h2*4H,1-3,5H2. The SMILES string of the molecule is NC1CCSC1.NC1CCSC1. The third-order valence-corrected chi connectivity index (χ3v) is 4.31. The van der Waals surface area contributed by atoms with Crippen LogP contribution in [0.2, 0.25) is 0 Å². The quantitative estimate of drug-likeness (QED) is 0.618. The van der Waals surface area contributed by atoms with E-state index in [1.54, 1.807) is 0 Å². The first-order valence-electron chi connectivity index (χ1n) is 4.45. The van der Waals surface area contributed by atoms with Gasteiger partial charge in [-0.2, -0.15) is 23.5 Å². The molecule has 0 aliphatic carbocycles. The van der Waals surface area contributed by atoms with Crippen molar-refractivity contribution < 1.29 is 0 Å². The van der Waals surface area contributed by atoms with Crippen LogP contribution in [0.15, 0.2) is 0 Å². The molecule has 2 unspecified atom stereocenters. The van der Waals surface area contributed by atoms with E-state index in [0.717, 1.165) is 0 Å². The first-order chi connectivity index (χ1) is 5.79. The van der Waals surface area contributed by atoms with Crippen LogP contribution >= 0.6 is 23.5 Å². The van der Waals surface area contributed by atoms with Gasteiger partial charge in [-0.1, -0.05) is 0 Å². The lowest BCUT2D eigenvalue weighted by molar-refractivity contribution is 0.759. The minimum atomic E-state index is 0.509. The second kappa shape index (κ2) is 6.13. The highest BCUT2D eigenvalue weighted by Crippen LogP contribution is 2.14. The van der Waals surface area contributed by atoms with Crippen LogP contribution < -0.4 is 11.5 Å². The monoisotopic (exact) mass is 206 g/mol. The molecule has 2 fully saturated rings. The van der Waals surface area contributed by atoms with Gasteiger partial charge in [-0.05, 0) is 24.3 Å². The van der Waals surface area contributed by atoms with E-state index >= 15 is 0 Å². The zero-order chi connectivity index (χ0) is 8.81. The summed E-state index contributed by atoms with van der Waals surface area (Å²) in [4.78, 5) is 0. The number of thioether (sulfide) groups is 2. The first-order valence-corrected chi connectivity index (χ1v) is 6.76. The Hall–Kier alpha value is 0.620. The molecular weight excluding hydrogens is 188 g/mol. The van der Waals surface area contributed by atoms with E-state index < -0.39 is 0 Å². The number of hydrogen-bond acceptors (Lipinski definition) is 4. The van der Waals surface area contributed by atoms with Gasteiger partial charge in [0.15, 0.2) is 0 Å². The Kier molecular flexibility index (Phi) is 5.47. The third kappa shape index (κ3) is 4.60. The summed E-state index contributed by atoms with van der Waals surface area (Å²) in [5.74, 6) is 4.92. The van der Waals surface area contributed by atoms with Crippen molar-refractivity contribution in [1.82, 2.24) is 0 Å². The maximum absolute atomic E-state index is 5.51. The molecule has 2 atom stereocenters. The van der Waals surface area contributed by atoms with Gasteiger partial charge < -0.3 is 11.5 Å². The highest BCUT2D eigenvalue weighted by molar-refractivity contribution is 7.99. The summed E-state index contributed by atoms with van der Waals surface area (Å²) in [5.41, 5.74) is 11.0. The van der Waals surface area contributed by atoms with Gasteiger partial charge >= 0.3 is 0 Å². The lowest BCUT2D eigenvalue weighted by Crippen LogP contribution is -2.17. The Labute approximate surface area is 83.2 Å². The molecule has 0 radical (unpaired) electrons. The van der Waals surface area contributed by atoms with Crippen molar-refractivity contribution in [2.75, 3.05) is 23.0 Å². The van der Waals surface area contributed by atoms with Gasteiger partial charge in [-0.25, -0.2) is 0 Å². The summed E-state index contributed by atoms with van der Waals surface area (Å²) in [7, 11) is 0. The van der Waals surface area contributed by atoms with Gasteiger partial charge in [0, 0.05) is 23.6 Å². The number of nitrogens with two attached hydrogens (primary N) is 2. The van der Waals surface area contributed by atoms with E-state index in [-0.39, 0.29) is 0 Å². The molecule has 0 amide bonds. The minimum Gasteiger partial charge on any atom is -0.327 e. The van der Waals surface area contributed by atoms with E-state index in [0.29, 0.717) is 12.1 Å². The zero-order valence-corrected chi connectivity index (χ0v) is 9.00. The molecule has 0 saturated carbocycles. The average molecular weight is 206 g/mol. The topological polar surface area (TPSA) is 52.0 Å². The Morgan fingerprint density at radius 2 is 1.25 bits per heavy atom. The summed E-state index contributed by atoms with van der Waals surface area (Å²) in [6.45, 7) is 0. The lowest BCUT2D eigenvalue weighted by atomic mass is 10.3. The second-order valence-corrected chi connectivity index (χ2v) is 5.55. The van der Waals surface area contributed by atoms with Crippen molar-refractivity contribution in [3.8, 4) is 0 Å². The predicted molar refractivity (Wildman–Crippen MR) is 59.8 cm³/mol. The molecule has 72 valence electrons. The molecule has 2 aliphatic heterocycles. The van der Waals surface area contributed by atoms with Crippen LogP contribution in [0.3, 0.4) is 0 Å². The molecule has 2 rings (SSSR count). The fraction of sp³-hybridized carbons (Fsp3) is 1.00. The molecule has 0 aromatic rings. The van der Waals surface area contributed by atoms with E-state index in [1.165, 1.54) is 35.9 Å². The van der Waals surface area contributed by atoms with E-state index in [4.69, 9.17) is 11.5 Å². The lowest BCUT2D eigenvalue weighted by Gasteiger charge is -1.91. The van der Waals surface area contributed by atoms with Crippen molar-refractivity contribution in [2.45, 2.75) is 24.9 Å². The third-order valence-electron chi connectivity index (χ3n) is 1.93. The molecule has 0 spiro atoms. The smallest absolute Gasteiger partial charge is 0.0138 e. The second-order valence-electron chi connectivity index (χ2n) is 3.25. The van der Waals surface area contributed by atoms with Crippen LogP contribution in [-0.2, 0) is 0 Å². The molecule has 4 heteroatoms. The molecule has 2 nitrogen and oxygen atoms in total. The van der Waals surface area contributed by atoms with Crippen LogP contribution in [0.25, 0.3) is 0 Å².